The van der Waals surface area contributed by atoms with Gasteiger partial charge in [0.1, 0.15) is 5.82 Å². The third-order valence-electron chi connectivity index (χ3n) is 5.25. The van der Waals surface area contributed by atoms with Crippen LogP contribution in [0.1, 0.15) is 17.5 Å². The fourth-order valence-corrected chi connectivity index (χ4v) is 3.74. The van der Waals surface area contributed by atoms with Gasteiger partial charge in [0.05, 0.1) is 5.92 Å². The SMILES string of the molecule is Cc1cccc(NC(=O)C2CC(=O)N(CCc3c[nH]c4ccc(F)cc34)C2)c1. The maximum absolute atomic E-state index is 13.5. The number of aromatic amines is 1. The molecule has 0 saturated carbocycles. The maximum atomic E-state index is 13.5. The van der Waals surface area contributed by atoms with E-state index in [2.05, 4.69) is 10.3 Å². The molecule has 5 nitrogen and oxygen atoms in total. The third kappa shape index (κ3) is 3.76. The highest BCUT2D eigenvalue weighted by Crippen LogP contribution is 2.23. The summed E-state index contributed by atoms with van der Waals surface area (Å²) in [4.78, 5) is 29.7. The Kier molecular flexibility index (Phi) is 4.86. The Morgan fingerprint density at radius 2 is 2.14 bits per heavy atom. The van der Waals surface area contributed by atoms with E-state index in [1.54, 1.807) is 11.0 Å². The molecule has 1 fully saturated rings. The van der Waals surface area contributed by atoms with Gasteiger partial charge in [0.2, 0.25) is 11.8 Å². The number of H-pyrrole nitrogens is 1. The van der Waals surface area contributed by atoms with Gasteiger partial charge >= 0.3 is 0 Å². The summed E-state index contributed by atoms with van der Waals surface area (Å²) in [5, 5.41) is 3.74. The first-order valence-corrected chi connectivity index (χ1v) is 9.40. The van der Waals surface area contributed by atoms with Gasteiger partial charge < -0.3 is 15.2 Å². The van der Waals surface area contributed by atoms with E-state index in [1.165, 1.54) is 12.1 Å². The van der Waals surface area contributed by atoms with Crippen molar-refractivity contribution in [1.82, 2.24) is 9.88 Å². The van der Waals surface area contributed by atoms with Gasteiger partial charge in [-0.2, -0.15) is 0 Å². The van der Waals surface area contributed by atoms with Crippen molar-refractivity contribution in [2.24, 2.45) is 5.92 Å². The Morgan fingerprint density at radius 1 is 1.29 bits per heavy atom. The second-order valence-electron chi connectivity index (χ2n) is 7.35. The summed E-state index contributed by atoms with van der Waals surface area (Å²) in [7, 11) is 0. The molecule has 144 valence electrons. The molecular weight excluding hydrogens is 357 g/mol. The number of nitrogens with zero attached hydrogens (tertiary/aromatic N) is 1. The number of fused-ring (bicyclic) bond motifs is 1. The van der Waals surface area contributed by atoms with Crippen LogP contribution in [-0.4, -0.2) is 34.8 Å². The molecule has 0 bridgehead atoms. The smallest absolute Gasteiger partial charge is 0.229 e. The predicted molar refractivity (Wildman–Crippen MR) is 106 cm³/mol. The Morgan fingerprint density at radius 3 is 2.96 bits per heavy atom. The molecule has 1 saturated heterocycles. The minimum atomic E-state index is -0.353. The van der Waals surface area contributed by atoms with E-state index in [0.717, 1.165) is 27.7 Å². The third-order valence-corrected chi connectivity index (χ3v) is 5.25. The summed E-state index contributed by atoms with van der Waals surface area (Å²) in [6.45, 7) is 2.89. The van der Waals surface area contributed by atoms with Crippen LogP contribution in [0.5, 0.6) is 0 Å². The summed E-state index contributed by atoms with van der Waals surface area (Å²) in [5.74, 6) is -0.780. The molecule has 2 N–H and O–H groups in total. The molecule has 2 heterocycles. The van der Waals surface area contributed by atoms with Crippen LogP contribution in [0.2, 0.25) is 0 Å². The van der Waals surface area contributed by atoms with Gasteiger partial charge in [-0.1, -0.05) is 12.1 Å². The second-order valence-corrected chi connectivity index (χ2v) is 7.35. The Balaban J connectivity index is 1.38. The lowest BCUT2D eigenvalue weighted by Crippen LogP contribution is -2.30. The van der Waals surface area contributed by atoms with Crippen LogP contribution in [0.25, 0.3) is 10.9 Å². The molecule has 4 rings (SSSR count). The van der Waals surface area contributed by atoms with Crippen molar-refractivity contribution in [3.8, 4) is 0 Å². The standard InChI is InChI=1S/C22H22FN3O2/c1-14-3-2-4-18(9-14)25-22(28)16-10-21(27)26(13-16)8-7-15-12-24-20-6-5-17(23)11-19(15)20/h2-6,9,11-12,16,24H,7-8,10,13H2,1H3,(H,25,28). The molecule has 6 heteroatoms. The molecule has 1 atom stereocenters. The van der Waals surface area contributed by atoms with Crippen molar-refractivity contribution in [3.05, 3.63) is 65.6 Å². The van der Waals surface area contributed by atoms with E-state index < -0.39 is 0 Å². The monoisotopic (exact) mass is 379 g/mol. The minimum absolute atomic E-state index is 0.0181. The number of carbonyl (C=O) groups excluding carboxylic acids is 2. The van der Waals surface area contributed by atoms with E-state index in [0.29, 0.717) is 19.5 Å². The lowest BCUT2D eigenvalue weighted by Gasteiger charge is -2.16. The number of carbonyl (C=O) groups is 2. The molecule has 0 aliphatic carbocycles. The summed E-state index contributed by atoms with van der Waals surface area (Å²) in [5.41, 5.74) is 3.66. The Bertz CT molecular complexity index is 1040. The first-order chi connectivity index (χ1) is 13.5. The minimum Gasteiger partial charge on any atom is -0.361 e. The van der Waals surface area contributed by atoms with Crippen molar-refractivity contribution in [2.45, 2.75) is 19.8 Å². The van der Waals surface area contributed by atoms with Crippen molar-refractivity contribution in [2.75, 3.05) is 18.4 Å². The number of hydrogen-bond donors (Lipinski definition) is 2. The van der Waals surface area contributed by atoms with Gasteiger partial charge in [0, 0.05) is 42.3 Å². The maximum Gasteiger partial charge on any atom is 0.229 e. The first-order valence-electron chi connectivity index (χ1n) is 9.40. The van der Waals surface area contributed by atoms with Gasteiger partial charge in [-0.3, -0.25) is 9.59 Å². The van der Waals surface area contributed by atoms with Crippen LogP contribution in [-0.2, 0) is 16.0 Å². The van der Waals surface area contributed by atoms with Crippen molar-refractivity contribution < 1.29 is 14.0 Å². The van der Waals surface area contributed by atoms with Crippen LogP contribution >= 0.6 is 0 Å². The zero-order valence-corrected chi connectivity index (χ0v) is 15.7. The molecule has 2 amide bonds. The van der Waals surface area contributed by atoms with E-state index in [-0.39, 0.29) is 30.0 Å². The van der Waals surface area contributed by atoms with Crippen molar-refractivity contribution in [1.29, 1.82) is 0 Å². The van der Waals surface area contributed by atoms with Crippen LogP contribution in [0.3, 0.4) is 0 Å². The van der Waals surface area contributed by atoms with E-state index in [1.807, 2.05) is 37.4 Å². The number of halogens is 1. The molecule has 2 aromatic carbocycles. The number of aryl methyl sites for hydroxylation is 1. The number of aromatic nitrogens is 1. The molecule has 28 heavy (non-hydrogen) atoms. The number of anilines is 1. The molecule has 0 radical (unpaired) electrons. The fraction of sp³-hybridized carbons (Fsp3) is 0.273. The average Bonchev–Trinajstić information content (AvgIpc) is 3.23. The van der Waals surface area contributed by atoms with Gasteiger partial charge in [-0.05, 0) is 54.8 Å². The van der Waals surface area contributed by atoms with Crippen LogP contribution < -0.4 is 5.32 Å². The normalized spacial score (nSPS) is 16.7. The number of amides is 2. The van der Waals surface area contributed by atoms with Gasteiger partial charge in [-0.15, -0.1) is 0 Å². The molecule has 1 aromatic heterocycles. The predicted octanol–water partition coefficient (Wildman–Crippen LogP) is 3.65. The lowest BCUT2D eigenvalue weighted by atomic mass is 10.1. The summed E-state index contributed by atoms with van der Waals surface area (Å²) < 4.78 is 13.5. The number of benzene rings is 2. The Labute approximate surface area is 162 Å². The quantitative estimate of drug-likeness (QED) is 0.711. The first kappa shape index (κ1) is 18.2. The molecule has 3 aromatic rings. The summed E-state index contributed by atoms with van der Waals surface area (Å²) >= 11 is 0. The van der Waals surface area contributed by atoms with E-state index in [4.69, 9.17) is 0 Å². The zero-order chi connectivity index (χ0) is 19.7. The number of nitrogens with one attached hydrogen (secondary N) is 2. The van der Waals surface area contributed by atoms with Gasteiger partial charge in [-0.25, -0.2) is 4.39 Å². The van der Waals surface area contributed by atoms with Crippen LogP contribution in [0.4, 0.5) is 10.1 Å². The average molecular weight is 379 g/mol. The largest absolute Gasteiger partial charge is 0.361 e. The molecule has 1 aliphatic rings. The molecule has 0 spiro atoms. The van der Waals surface area contributed by atoms with Crippen molar-refractivity contribution in [3.63, 3.8) is 0 Å². The molecule has 1 unspecified atom stereocenters. The summed E-state index contributed by atoms with van der Waals surface area (Å²) in [6.07, 6.45) is 2.69. The zero-order valence-electron chi connectivity index (χ0n) is 15.7. The molecule has 1 aliphatic heterocycles. The summed E-state index contributed by atoms with van der Waals surface area (Å²) in [6, 6.07) is 12.2. The lowest BCUT2D eigenvalue weighted by molar-refractivity contribution is -0.128. The highest BCUT2D eigenvalue weighted by atomic mass is 19.1. The van der Waals surface area contributed by atoms with Gasteiger partial charge in [0.25, 0.3) is 0 Å². The highest BCUT2D eigenvalue weighted by Gasteiger charge is 2.34. The van der Waals surface area contributed by atoms with E-state index >= 15 is 0 Å². The highest BCUT2D eigenvalue weighted by molar-refractivity contribution is 5.97. The topological polar surface area (TPSA) is 65.2 Å². The van der Waals surface area contributed by atoms with E-state index in [9.17, 15) is 14.0 Å². The number of hydrogen-bond acceptors (Lipinski definition) is 2. The Hall–Kier alpha value is -3.15. The molecular formula is C22H22FN3O2. The van der Waals surface area contributed by atoms with Crippen LogP contribution in [0, 0.1) is 18.7 Å². The van der Waals surface area contributed by atoms with Crippen LogP contribution in [0.15, 0.2) is 48.7 Å². The fourth-order valence-electron chi connectivity index (χ4n) is 3.74. The number of rotatable bonds is 5. The van der Waals surface area contributed by atoms with Crippen molar-refractivity contribution >= 4 is 28.4 Å². The van der Waals surface area contributed by atoms with Gasteiger partial charge in [0.15, 0.2) is 0 Å². The second kappa shape index (κ2) is 7.46. The number of likely N-dealkylation sites (tertiary alicyclic amines) is 1.